The molecule has 0 unspecified atom stereocenters. The number of aliphatic hydroxyl groups is 1. The van der Waals surface area contributed by atoms with E-state index in [1.54, 1.807) is 0 Å². The minimum Gasteiger partial charge on any atom is -0.394 e. The van der Waals surface area contributed by atoms with Crippen LogP contribution in [0.3, 0.4) is 0 Å². The van der Waals surface area contributed by atoms with Crippen molar-refractivity contribution in [2.45, 2.75) is 37.6 Å². The number of benzene rings is 1. The Balaban J connectivity index is 2.25. The van der Waals surface area contributed by atoms with Crippen LogP contribution in [-0.4, -0.2) is 28.1 Å². The highest BCUT2D eigenvalue weighted by Gasteiger charge is 2.34. The number of hydrogen-bond donors (Lipinski definition) is 2. The molecule has 0 spiro atoms. The highest BCUT2D eigenvalue weighted by atomic mass is 35.5. The summed E-state index contributed by atoms with van der Waals surface area (Å²) in [4.78, 5) is 22.7. The fraction of sp³-hybridized carbons (Fsp3) is 0.500. The first-order valence-electron chi connectivity index (χ1n) is 6.85. The van der Waals surface area contributed by atoms with E-state index in [1.165, 1.54) is 12.1 Å². The average Bonchev–Trinajstić information content (AvgIpc) is 2.47. The quantitative estimate of drug-likeness (QED) is 0.660. The third kappa shape index (κ3) is 3.51. The lowest BCUT2D eigenvalue weighted by atomic mass is 9.82. The van der Waals surface area contributed by atoms with Gasteiger partial charge in [0.25, 0.3) is 11.6 Å². The highest BCUT2D eigenvalue weighted by molar-refractivity contribution is 6.31. The molecule has 7 heteroatoms. The number of aliphatic hydroxyl groups excluding tert-OH is 1. The molecular weight excluding hydrogens is 296 g/mol. The second-order valence-corrected chi connectivity index (χ2v) is 5.81. The average molecular weight is 313 g/mol. The van der Waals surface area contributed by atoms with Gasteiger partial charge in [-0.2, -0.15) is 0 Å². The maximum absolute atomic E-state index is 12.3. The number of nitrogens with zero attached hydrogens (tertiary/aromatic N) is 1. The van der Waals surface area contributed by atoms with Gasteiger partial charge < -0.3 is 10.4 Å². The lowest BCUT2D eigenvalue weighted by Crippen LogP contribution is -2.52. The van der Waals surface area contributed by atoms with E-state index in [-0.39, 0.29) is 22.9 Å². The Morgan fingerprint density at radius 2 is 2.05 bits per heavy atom. The van der Waals surface area contributed by atoms with Gasteiger partial charge in [0.1, 0.15) is 5.56 Å². The van der Waals surface area contributed by atoms with Crippen LogP contribution < -0.4 is 5.32 Å². The van der Waals surface area contributed by atoms with Gasteiger partial charge in [-0.25, -0.2) is 0 Å². The molecule has 1 aromatic rings. The molecule has 114 valence electrons. The number of nitrogens with one attached hydrogen (secondary N) is 1. The first-order chi connectivity index (χ1) is 9.97. The van der Waals surface area contributed by atoms with Crippen LogP contribution in [0, 0.1) is 10.1 Å². The normalized spacial score (nSPS) is 17.2. The van der Waals surface area contributed by atoms with Gasteiger partial charge in [0, 0.05) is 11.1 Å². The number of halogens is 1. The van der Waals surface area contributed by atoms with Crippen molar-refractivity contribution in [1.82, 2.24) is 5.32 Å². The van der Waals surface area contributed by atoms with Crippen molar-refractivity contribution in [1.29, 1.82) is 0 Å². The summed E-state index contributed by atoms with van der Waals surface area (Å²) in [7, 11) is 0. The first-order valence-corrected chi connectivity index (χ1v) is 7.22. The molecule has 0 atom stereocenters. The lowest BCUT2D eigenvalue weighted by molar-refractivity contribution is -0.385. The Hall–Kier alpha value is -1.66. The minimum absolute atomic E-state index is 0.0391. The summed E-state index contributed by atoms with van der Waals surface area (Å²) in [6, 6.07) is 3.93. The number of carbonyl (C=O) groups excluding carboxylic acids is 1. The molecule has 6 nitrogen and oxygen atoms in total. The summed E-state index contributed by atoms with van der Waals surface area (Å²) in [5.41, 5.74) is -1.05. The number of hydrogen-bond acceptors (Lipinski definition) is 4. The molecule has 1 aliphatic carbocycles. The SMILES string of the molecule is O=C(NC1(CO)CCCCC1)c1ccc(Cl)cc1[N+](=O)[O-]. The summed E-state index contributed by atoms with van der Waals surface area (Å²) in [5.74, 6) is -0.547. The van der Waals surface area contributed by atoms with Gasteiger partial charge >= 0.3 is 0 Å². The number of carbonyl (C=O) groups is 1. The van der Waals surface area contributed by atoms with Crippen molar-refractivity contribution in [2.24, 2.45) is 0 Å². The molecule has 0 aromatic heterocycles. The topological polar surface area (TPSA) is 92.5 Å². The zero-order valence-corrected chi connectivity index (χ0v) is 12.2. The Morgan fingerprint density at radius 3 is 2.62 bits per heavy atom. The maximum Gasteiger partial charge on any atom is 0.283 e. The molecule has 2 rings (SSSR count). The van der Waals surface area contributed by atoms with Crippen LogP contribution in [0.15, 0.2) is 18.2 Å². The van der Waals surface area contributed by atoms with E-state index in [4.69, 9.17) is 11.6 Å². The zero-order valence-electron chi connectivity index (χ0n) is 11.5. The van der Waals surface area contributed by atoms with Crippen LogP contribution in [0.5, 0.6) is 0 Å². The molecule has 0 heterocycles. The van der Waals surface area contributed by atoms with Gasteiger partial charge in [-0.05, 0) is 25.0 Å². The molecule has 2 N–H and O–H groups in total. The number of amides is 1. The molecule has 1 aliphatic rings. The Kier molecular flexibility index (Phi) is 4.80. The van der Waals surface area contributed by atoms with E-state index in [2.05, 4.69) is 5.32 Å². The van der Waals surface area contributed by atoms with E-state index >= 15 is 0 Å². The smallest absolute Gasteiger partial charge is 0.283 e. The van der Waals surface area contributed by atoms with Crippen LogP contribution in [0.1, 0.15) is 42.5 Å². The van der Waals surface area contributed by atoms with Crippen molar-refractivity contribution < 1.29 is 14.8 Å². The fourth-order valence-electron chi connectivity index (χ4n) is 2.71. The second-order valence-electron chi connectivity index (χ2n) is 5.37. The summed E-state index contributed by atoms with van der Waals surface area (Å²) >= 11 is 5.74. The van der Waals surface area contributed by atoms with Crippen molar-refractivity contribution in [3.63, 3.8) is 0 Å². The van der Waals surface area contributed by atoms with Crippen LogP contribution >= 0.6 is 11.6 Å². The maximum atomic E-state index is 12.3. The van der Waals surface area contributed by atoms with Gasteiger partial charge in [-0.1, -0.05) is 30.9 Å². The molecule has 0 saturated heterocycles. The van der Waals surface area contributed by atoms with E-state index in [0.29, 0.717) is 12.8 Å². The van der Waals surface area contributed by atoms with Crippen LogP contribution in [0.2, 0.25) is 5.02 Å². The molecule has 1 fully saturated rings. The molecule has 1 aromatic carbocycles. The van der Waals surface area contributed by atoms with Crippen molar-refractivity contribution in [3.05, 3.63) is 38.9 Å². The second kappa shape index (κ2) is 6.41. The van der Waals surface area contributed by atoms with E-state index < -0.39 is 16.4 Å². The minimum atomic E-state index is -0.678. The number of nitro benzene ring substituents is 1. The number of nitro groups is 1. The van der Waals surface area contributed by atoms with Crippen LogP contribution in [-0.2, 0) is 0 Å². The van der Waals surface area contributed by atoms with Gasteiger partial charge in [-0.3, -0.25) is 14.9 Å². The Bertz CT molecular complexity index is 556. The zero-order chi connectivity index (χ0) is 15.5. The molecule has 0 aliphatic heterocycles. The van der Waals surface area contributed by atoms with Gasteiger partial charge in [0.15, 0.2) is 0 Å². The van der Waals surface area contributed by atoms with Gasteiger partial charge in [0.05, 0.1) is 17.1 Å². The van der Waals surface area contributed by atoms with E-state index in [0.717, 1.165) is 25.3 Å². The van der Waals surface area contributed by atoms with E-state index in [1.807, 2.05) is 0 Å². The molecule has 1 saturated carbocycles. The monoisotopic (exact) mass is 312 g/mol. The molecular formula is C14H17ClN2O4. The molecule has 0 radical (unpaired) electrons. The standard InChI is InChI=1S/C14H17ClN2O4/c15-10-4-5-11(12(8-10)17(20)21)13(19)16-14(9-18)6-2-1-3-7-14/h4-5,8,18H,1-3,6-7,9H2,(H,16,19). The summed E-state index contributed by atoms with van der Waals surface area (Å²) < 4.78 is 0. The highest BCUT2D eigenvalue weighted by Crippen LogP contribution is 2.29. The third-order valence-electron chi connectivity index (χ3n) is 3.89. The van der Waals surface area contributed by atoms with E-state index in [9.17, 15) is 20.0 Å². The van der Waals surface area contributed by atoms with Crippen molar-refractivity contribution >= 4 is 23.2 Å². The molecule has 1 amide bonds. The van der Waals surface area contributed by atoms with Crippen molar-refractivity contribution in [3.8, 4) is 0 Å². The largest absolute Gasteiger partial charge is 0.394 e. The molecule has 0 bridgehead atoms. The van der Waals surface area contributed by atoms with Crippen molar-refractivity contribution in [2.75, 3.05) is 6.61 Å². The Morgan fingerprint density at radius 1 is 1.38 bits per heavy atom. The predicted octanol–water partition coefficient (Wildman–Crippen LogP) is 2.67. The van der Waals surface area contributed by atoms with Gasteiger partial charge in [-0.15, -0.1) is 0 Å². The van der Waals surface area contributed by atoms with Crippen LogP contribution in [0.25, 0.3) is 0 Å². The van der Waals surface area contributed by atoms with Gasteiger partial charge in [0.2, 0.25) is 0 Å². The lowest BCUT2D eigenvalue weighted by Gasteiger charge is -2.36. The summed E-state index contributed by atoms with van der Waals surface area (Å²) in [6.07, 6.45) is 4.26. The third-order valence-corrected chi connectivity index (χ3v) is 4.13. The summed E-state index contributed by atoms with van der Waals surface area (Å²) in [6.45, 7) is -0.167. The molecule has 21 heavy (non-hydrogen) atoms. The number of rotatable bonds is 4. The fourth-order valence-corrected chi connectivity index (χ4v) is 2.87. The Labute approximate surface area is 127 Å². The first kappa shape index (κ1) is 15.7. The summed E-state index contributed by atoms with van der Waals surface area (Å²) in [5, 5.41) is 23.6. The van der Waals surface area contributed by atoms with Crippen LogP contribution in [0.4, 0.5) is 5.69 Å². The predicted molar refractivity (Wildman–Crippen MR) is 78.5 cm³/mol.